The van der Waals surface area contributed by atoms with Crippen molar-refractivity contribution in [2.24, 2.45) is 0 Å². The predicted molar refractivity (Wildman–Crippen MR) is 112 cm³/mol. The molecule has 0 atom stereocenters. The van der Waals surface area contributed by atoms with Gasteiger partial charge in [-0.2, -0.15) is 0 Å². The largest absolute Gasteiger partial charge is 0.356 e. The van der Waals surface area contributed by atoms with Crippen molar-refractivity contribution in [1.82, 2.24) is 14.9 Å². The molecule has 1 aromatic carbocycles. The number of aryl methyl sites for hydroxylation is 1. The van der Waals surface area contributed by atoms with Gasteiger partial charge in [0.2, 0.25) is 5.91 Å². The summed E-state index contributed by atoms with van der Waals surface area (Å²) in [6.45, 7) is 4.96. The zero-order valence-corrected chi connectivity index (χ0v) is 17.1. The molecule has 0 aliphatic carbocycles. The Morgan fingerprint density at radius 3 is 2.28 bits per heavy atom. The molecule has 6 nitrogen and oxygen atoms in total. The Hall–Kier alpha value is -2.41. The topological polar surface area (TPSA) is 52.6 Å². The quantitative estimate of drug-likeness (QED) is 0.748. The lowest BCUT2D eigenvalue weighted by Crippen LogP contribution is -2.49. The maximum absolute atomic E-state index is 13.3. The number of aromatic nitrogens is 2. The van der Waals surface area contributed by atoms with E-state index in [1.54, 1.807) is 18.5 Å². The van der Waals surface area contributed by atoms with E-state index in [0.29, 0.717) is 25.9 Å². The predicted octanol–water partition coefficient (Wildman–Crippen LogP) is 3.15. The first kappa shape index (κ1) is 19.9. The number of carbonyl (C=O) groups is 1. The van der Waals surface area contributed by atoms with E-state index in [1.807, 2.05) is 4.90 Å². The van der Waals surface area contributed by atoms with Gasteiger partial charge in [0, 0.05) is 51.8 Å². The van der Waals surface area contributed by atoms with Crippen LogP contribution >= 0.6 is 11.6 Å². The fraction of sp³-hybridized carbons (Fsp3) is 0.476. The molecule has 1 amide bonds. The van der Waals surface area contributed by atoms with Gasteiger partial charge in [0.25, 0.3) is 0 Å². The zero-order valence-electron chi connectivity index (χ0n) is 16.4. The number of rotatable bonds is 5. The van der Waals surface area contributed by atoms with Crippen LogP contribution in [0.25, 0.3) is 0 Å². The number of halogens is 2. The van der Waals surface area contributed by atoms with Gasteiger partial charge in [-0.05, 0) is 37.0 Å². The number of carbonyl (C=O) groups excluding carboxylic acids is 1. The smallest absolute Gasteiger partial charge is 0.223 e. The molecular formula is C21H25ClFN5O. The van der Waals surface area contributed by atoms with Crippen molar-refractivity contribution in [3.05, 3.63) is 47.0 Å². The van der Waals surface area contributed by atoms with Crippen LogP contribution in [0.4, 0.5) is 16.0 Å². The first-order valence-electron chi connectivity index (χ1n) is 10.1. The summed E-state index contributed by atoms with van der Waals surface area (Å²) in [4.78, 5) is 27.8. The lowest BCUT2D eigenvalue weighted by Gasteiger charge is -2.35. The Balaban J connectivity index is 1.29. The molecule has 154 valence electrons. The molecule has 2 aromatic rings. The third-order valence-corrected chi connectivity index (χ3v) is 5.93. The molecule has 0 unspecified atom stereocenters. The van der Waals surface area contributed by atoms with E-state index in [9.17, 15) is 9.18 Å². The average Bonchev–Trinajstić information content (AvgIpc) is 3.30. The van der Waals surface area contributed by atoms with E-state index in [4.69, 9.17) is 11.6 Å². The number of anilines is 2. The summed E-state index contributed by atoms with van der Waals surface area (Å²) in [5.41, 5.74) is 0.874. The van der Waals surface area contributed by atoms with Crippen LogP contribution in [0.15, 0.2) is 30.6 Å². The molecular weight excluding hydrogens is 393 g/mol. The Kier molecular flexibility index (Phi) is 6.13. The highest BCUT2D eigenvalue weighted by molar-refractivity contribution is 6.30. The van der Waals surface area contributed by atoms with Crippen LogP contribution in [0, 0.1) is 5.82 Å². The number of piperazine rings is 1. The Bertz CT molecular complexity index is 866. The molecule has 2 fully saturated rings. The minimum atomic E-state index is -0.435. The van der Waals surface area contributed by atoms with Gasteiger partial charge in [0.1, 0.15) is 23.8 Å². The van der Waals surface area contributed by atoms with E-state index in [0.717, 1.165) is 43.4 Å². The second kappa shape index (κ2) is 8.95. The van der Waals surface area contributed by atoms with Crippen molar-refractivity contribution in [1.29, 1.82) is 0 Å². The molecule has 2 aliphatic heterocycles. The van der Waals surface area contributed by atoms with Gasteiger partial charge in [0.15, 0.2) is 0 Å². The summed E-state index contributed by atoms with van der Waals surface area (Å²) in [5.74, 6) is 1.60. The third-order valence-electron chi connectivity index (χ3n) is 5.64. The summed E-state index contributed by atoms with van der Waals surface area (Å²) in [5, 5.41) is 0.0988. The molecule has 0 spiro atoms. The van der Waals surface area contributed by atoms with Crippen LogP contribution in [0.3, 0.4) is 0 Å². The molecule has 1 aromatic heterocycles. The Morgan fingerprint density at radius 1 is 0.966 bits per heavy atom. The molecule has 0 saturated carbocycles. The molecule has 2 saturated heterocycles. The number of amides is 1. The van der Waals surface area contributed by atoms with Crippen LogP contribution in [0.1, 0.15) is 24.8 Å². The second-order valence-corrected chi connectivity index (χ2v) is 7.95. The normalized spacial score (nSPS) is 17.1. The second-order valence-electron chi connectivity index (χ2n) is 7.54. The van der Waals surface area contributed by atoms with E-state index in [-0.39, 0.29) is 10.9 Å². The molecule has 29 heavy (non-hydrogen) atoms. The lowest BCUT2D eigenvalue weighted by atomic mass is 10.1. The highest BCUT2D eigenvalue weighted by Crippen LogP contribution is 2.22. The van der Waals surface area contributed by atoms with Gasteiger partial charge < -0.3 is 14.7 Å². The molecule has 0 bridgehead atoms. The van der Waals surface area contributed by atoms with Crippen molar-refractivity contribution < 1.29 is 9.18 Å². The van der Waals surface area contributed by atoms with Crippen molar-refractivity contribution in [2.75, 3.05) is 49.1 Å². The highest BCUT2D eigenvalue weighted by Gasteiger charge is 2.23. The molecule has 0 N–H and O–H groups in total. The van der Waals surface area contributed by atoms with Crippen LogP contribution in [-0.2, 0) is 11.2 Å². The van der Waals surface area contributed by atoms with E-state index in [2.05, 4.69) is 25.8 Å². The van der Waals surface area contributed by atoms with E-state index in [1.165, 1.54) is 18.9 Å². The first-order chi connectivity index (χ1) is 14.1. The molecule has 8 heteroatoms. The van der Waals surface area contributed by atoms with Gasteiger partial charge in [0.05, 0.1) is 5.02 Å². The highest BCUT2D eigenvalue weighted by atomic mass is 35.5. The number of hydrogen-bond donors (Lipinski definition) is 0. The number of benzene rings is 1. The Morgan fingerprint density at radius 2 is 1.62 bits per heavy atom. The van der Waals surface area contributed by atoms with Crippen molar-refractivity contribution in [3.8, 4) is 0 Å². The lowest BCUT2D eigenvalue weighted by molar-refractivity contribution is -0.131. The minimum absolute atomic E-state index is 0.0988. The Labute approximate surface area is 175 Å². The van der Waals surface area contributed by atoms with Crippen LogP contribution in [0.5, 0.6) is 0 Å². The third kappa shape index (κ3) is 4.78. The van der Waals surface area contributed by atoms with Gasteiger partial charge in [-0.1, -0.05) is 17.7 Å². The maximum Gasteiger partial charge on any atom is 0.223 e. The van der Waals surface area contributed by atoms with Crippen molar-refractivity contribution in [3.63, 3.8) is 0 Å². The van der Waals surface area contributed by atoms with Gasteiger partial charge in [-0.25, -0.2) is 14.4 Å². The zero-order chi connectivity index (χ0) is 20.2. The molecule has 0 radical (unpaired) electrons. The van der Waals surface area contributed by atoms with Crippen molar-refractivity contribution >= 4 is 29.1 Å². The van der Waals surface area contributed by atoms with Gasteiger partial charge in [-0.3, -0.25) is 4.79 Å². The summed E-state index contributed by atoms with van der Waals surface area (Å²) >= 11 is 5.82. The summed E-state index contributed by atoms with van der Waals surface area (Å²) < 4.78 is 13.3. The fourth-order valence-electron chi connectivity index (χ4n) is 3.92. The molecule has 2 aliphatic rings. The fourth-order valence-corrected chi connectivity index (χ4v) is 4.12. The molecule has 3 heterocycles. The SMILES string of the molecule is O=C(CCc1ccc(F)c(Cl)c1)N1CCN(c2cc(N3CCCC3)ncn2)CC1. The monoisotopic (exact) mass is 417 g/mol. The maximum atomic E-state index is 13.3. The molecule has 4 rings (SSSR count). The van der Waals surface area contributed by atoms with E-state index >= 15 is 0 Å². The van der Waals surface area contributed by atoms with Crippen LogP contribution in [0.2, 0.25) is 5.02 Å². The summed E-state index contributed by atoms with van der Waals surface area (Å²) in [7, 11) is 0. The van der Waals surface area contributed by atoms with Crippen molar-refractivity contribution in [2.45, 2.75) is 25.7 Å². The summed E-state index contributed by atoms with van der Waals surface area (Å²) in [6.07, 6.45) is 5.02. The van der Waals surface area contributed by atoms with E-state index < -0.39 is 5.82 Å². The number of nitrogens with zero attached hydrogens (tertiary/aromatic N) is 5. The van der Waals surface area contributed by atoms with Gasteiger partial charge in [-0.15, -0.1) is 0 Å². The van der Waals surface area contributed by atoms with Gasteiger partial charge >= 0.3 is 0 Å². The van der Waals surface area contributed by atoms with Crippen LogP contribution < -0.4 is 9.80 Å². The average molecular weight is 418 g/mol. The minimum Gasteiger partial charge on any atom is -0.356 e. The first-order valence-corrected chi connectivity index (χ1v) is 10.5. The standard InChI is InChI=1S/C21H25ClFN5O/c22-17-13-16(3-5-18(17)23)4-6-21(29)28-11-9-27(10-12-28)20-14-19(24-15-25-20)26-7-1-2-8-26/h3,5,13-15H,1-2,4,6-12H2. The van der Waals surface area contributed by atoms with Crippen LogP contribution in [-0.4, -0.2) is 60.0 Å². The summed E-state index contributed by atoms with van der Waals surface area (Å²) in [6, 6.07) is 6.68. The number of hydrogen-bond acceptors (Lipinski definition) is 5.